The molecule has 0 fully saturated rings. The van der Waals surface area contributed by atoms with Gasteiger partial charge in [0.2, 0.25) is 0 Å². The van der Waals surface area contributed by atoms with E-state index in [0.29, 0.717) is 11.3 Å². The molecule has 1 aromatic carbocycles. The van der Waals surface area contributed by atoms with Gasteiger partial charge in [-0.1, -0.05) is 11.2 Å². The van der Waals surface area contributed by atoms with E-state index >= 15 is 0 Å². The molecule has 0 aliphatic heterocycles. The van der Waals surface area contributed by atoms with E-state index in [1.165, 1.54) is 20.4 Å². The summed E-state index contributed by atoms with van der Waals surface area (Å²) in [6, 6.07) is 5.01. The Morgan fingerprint density at radius 1 is 1.38 bits per heavy atom. The highest BCUT2D eigenvalue weighted by molar-refractivity contribution is 5.84. The van der Waals surface area contributed by atoms with Gasteiger partial charge in [0, 0.05) is 5.56 Å². The van der Waals surface area contributed by atoms with Crippen LogP contribution < -0.4 is 4.74 Å². The number of nitrogens with zero attached hydrogens (tertiary/aromatic N) is 1. The van der Waals surface area contributed by atoms with Crippen LogP contribution in [0.15, 0.2) is 23.4 Å². The molecule has 0 saturated carbocycles. The monoisotopic (exact) mass is 181 g/mol. The van der Waals surface area contributed by atoms with Crippen molar-refractivity contribution in [2.24, 2.45) is 5.16 Å². The first-order valence-corrected chi connectivity index (χ1v) is 3.72. The lowest BCUT2D eigenvalue weighted by molar-refractivity contribution is 0.215. The Balaban J connectivity index is 3.05. The lowest BCUT2D eigenvalue weighted by atomic mass is 10.2. The molecular formula is C9H11NO3. The van der Waals surface area contributed by atoms with Gasteiger partial charge in [-0.3, -0.25) is 0 Å². The van der Waals surface area contributed by atoms with E-state index in [4.69, 9.17) is 4.74 Å². The van der Waals surface area contributed by atoms with E-state index in [1.54, 1.807) is 18.2 Å². The number of para-hydroxylation sites is 1. The summed E-state index contributed by atoms with van der Waals surface area (Å²) in [6.45, 7) is 0. The van der Waals surface area contributed by atoms with Crippen molar-refractivity contribution in [3.8, 4) is 11.5 Å². The number of benzene rings is 1. The Labute approximate surface area is 76.4 Å². The van der Waals surface area contributed by atoms with Crippen molar-refractivity contribution in [2.45, 2.75) is 0 Å². The summed E-state index contributed by atoms with van der Waals surface area (Å²) < 4.78 is 4.98. The first kappa shape index (κ1) is 9.38. The van der Waals surface area contributed by atoms with Gasteiger partial charge in [-0.25, -0.2) is 0 Å². The molecule has 0 atom stereocenters. The van der Waals surface area contributed by atoms with Crippen LogP contribution in [0.2, 0.25) is 0 Å². The summed E-state index contributed by atoms with van der Waals surface area (Å²) in [7, 11) is 2.94. The Morgan fingerprint density at radius 3 is 2.77 bits per heavy atom. The molecule has 4 heteroatoms. The van der Waals surface area contributed by atoms with E-state index in [9.17, 15) is 5.11 Å². The molecule has 70 valence electrons. The van der Waals surface area contributed by atoms with E-state index in [0.717, 1.165) is 0 Å². The summed E-state index contributed by atoms with van der Waals surface area (Å²) in [5.41, 5.74) is 0.671. The molecule has 0 bridgehead atoms. The number of methoxy groups -OCH3 is 1. The Kier molecular flexibility index (Phi) is 3.14. The third-order valence-corrected chi connectivity index (χ3v) is 1.53. The number of oxime groups is 1. The van der Waals surface area contributed by atoms with E-state index < -0.39 is 0 Å². The fraction of sp³-hybridized carbons (Fsp3) is 0.222. The molecule has 13 heavy (non-hydrogen) atoms. The van der Waals surface area contributed by atoms with Gasteiger partial charge in [-0.05, 0) is 12.1 Å². The van der Waals surface area contributed by atoms with Gasteiger partial charge in [0.1, 0.15) is 7.11 Å². The highest BCUT2D eigenvalue weighted by Gasteiger charge is 2.04. The number of phenolic OH excluding ortho intramolecular Hbond substituents is 1. The van der Waals surface area contributed by atoms with Crippen LogP contribution in [0, 0.1) is 0 Å². The van der Waals surface area contributed by atoms with Crippen LogP contribution in [0.1, 0.15) is 5.56 Å². The van der Waals surface area contributed by atoms with Gasteiger partial charge in [-0.15, -0.1) is 0 Å². The maximum atomic E-state index is 9.36. The summed E-state index contributed by atoms with van der Waals surface area (Å²) in [5.74, 6) is 0.478. The van der Waals surface area contributed by atoms with E-state index in [2.05, 4.69) is 9.99 Å². The van der Waals surface area contributed by atoms with Crippen molar-refractivity contribution in [1.82, 2.24) is 0 Å². The molecule has 0 saturated heterocycles. The van der Waals surface area contributed by atoms with Crippen LogP contribution in [0.3, 0.4) is 0 Å². The average Bonchev–Trinajstić information content (AvgIpc) is 2.15. The minimum Gasteiger partial charge on any atom is -0.504 e. The van der Waals surface area contributed by atoms with Crippen molar-refractivity contribution in [3.05, 3.63) is 23.8 Å². The van der Waals surface area contributed by atoms with Crippen molar-refractivity contribution >= 4 is 6.21 Å². The smallest absolute Gasteiger partial charge is 0.169 e. The average molecular weight is 181 g/mol. The van der Waals surface area contributed by atoms with Gasteiger partial charge in [0.05, 0.1) is 13.3 Å². The predicted molar refractivity (Wildman–Crippen MR) is 49.3 cm³/mol. The van der Waals surface area contributed by atoms with Crippen molar-refractivity contribution in [2.75, 3.05) is 14.2 Å². The van der Waals surface area contributed by atoms with Crippen LogP contribution in [0.5, 0.6) is 11.5 Å². The fourth-order valence-corrected chi connectivity index (χ4v) is 0.976. The van der Waals surface area contributed by atoms with Crippen LogP contribution in [0.25, 0.3) is 0 Å². The third kappa shape index (κ3) is 2.11. The summed E-state index contributed by atoms with van der Waals surface area (Å²) in [5, 5.41) is 12.9. The molecule has 0 amide bonds. The topological polar surface area (TPSA) is 51.0 Å². The first-order valence-electron chi connectivity index (χ1n) is 3.72. The molecule has 4 nitrogen and oxygen atoms in total. The van der Waals surface area contributed by atoms with Crippen molar-refractivity contribution in [3.63, 3.8) is 0 Å². The van der Waals surface area contributed by atoms with E-state index in [-0.39, 0.29) is 5.75 Å². The molecule has 0 heterocycles. The number of hydrogen-bond acceptors (Lipinski definition) is 4. The van der Waals surface area contributed by atoms with Crippen LogP contribution in [-0.2, 0) is 4.84 Å². The minimum absolute atomic E-state index is 0.0857. The molecule has 0 spiro atoms. The Morgan fingerprint density at radius 2 is 2.15 bits per heavy atom. The second kappa shape index (κ2) is 4.35. The van der Waals surface area contributed by atoms with Crippen LogP contribution in [-0.4, -0.2) is 25.5 Å². The maximum absolute atomic E-state index is 9.36. The van der Waals surface area contributed by atoms with E-state index in [1.807, 2.05) is 0 Å². The summed E-state index contributed by atoms with van der Waals surface area (Å²) in [6.07, 6.45) is 1.47. The maximum Gasteiger partial charge on any atom is 0.169 e. The normalized spacial score (nSPS) is 10.3. The molecular weight excluding hydrogens is 170 g/mol. The first-order chi connectivity index (χ1) is 6.29. The Bertz CT molecular complexity index is 310. The highest BCUT2D eigenvalue weighted by atomic mass is 16.6. The quantitative estimate of drug-likeness (QED) is 0.566. The second-order valence-electron chi connectivity index (χ2n) is 2.32. The number of hydrogen-bond donors (Lipinski definition) is 1. The lowest BCUT2D eigenvalue weighted by Gasteiger charge is -2.05. The van der Waals surface area contributed by atoms with Crippen molar-refractivity contribution < 1.29 is 14.7 Å². The number of rotatable bonds is 3. The number of aromatic hydroxyl groups is 1. The largest absolute Gasteiger partial charge is 0.504 e. The zero-order chi connectivity index (χ0) is 9.68. The van der Waals surface area contributed by atoms with Crippen LogP contribution >= 0.6 is 0 Å². The van der Waals surface area contributed by atoms with Gasteiger partial charge < -0.3 is 14.7 Å². The number of phenols is 1. The molecule has 0 aliphatic rings. The SMILES string of the molecule is CO/N=C/c1cccc(O)c1OC. The molecule has 0 unspecified atom stereocenters. The van der Waals surface area contributed by atoms with Gasteiger partial charge >= 0.3 is 0 Å². The van der Waals surface area contributed by atoms with Gasteiger partial charge in [0.15, 0.2) is 11.5 Å². The second-order valence-corrected chi connectivity index (χ2v) is 2.32. The third-order valence-electron chi connectivity index (χ3n) is 1.53. The van der Waals surface area contributed by atoms with Gasteiger partial charge in [0.25, 0.3) is 0 Å². The lowest BCUT2D eigenvalue weighted by Crippen LogP contribution is -1.91. The molecule has 1 rings (SSSR count). The standard InChI is InChI=1S/C9H11NO3/c1-12-9-7(6-10-13-2)4-3-5-8(9)11/h3-6,11H,1-2H3/b10-6+. The molecule has 0 aromatic heterocycles. The number of ether oxygens (including phenoxy) is 1. The molecule has 0 radical (unpaired) electrons. The highest BCUT2D eigenvalue weighted by Crippen LogP contribution is 2.28. The minimum atomic E-state index is 0.0857. The Hall–Kier alpha value is -1.71. The van der Waals surface area contributed by atoms with Crippen molar-refractivity contribution in [1.29, 1.82) is 0 Å². The fourth-order valence-electron chi connectivity index (χ4n) is 0.976. The summed E-state index contributed by atoms with van der Waals surface area (Å²) >= 11 is 0. The zero-order valence-corrected chi connectivity index (χ0v) is 7.52. The molecule has 0 aliphatic carbocycles. The zero-order valence-electron chi connectivity index (χ0n) is 7.52. The van der Waals surface area contributed by atoms with Crippen LogP contribution in [0.4, 0.5) is 0 Å². The molecule has 1 aromatic rings. The predicted octanol–water partition coefficient (Wildman–Crippen LogP) is 1.38. The van der Waals surface area contributed by atoms with Gasteiger partial charge in [-0.2, -0.15) is 0 Å². The summed E-state index contributed by atoms with van der Waals surface area (Å²) in [4.78, 5) is 4.52. The molecule has 1 N–H and O–H groups in total.